The van der Waals surface area contributed by atoms with Crippen LogP contribution in [0.3, 0.4) is 0 Å². The molecule has 1 radical (unpaired) electrons. The van der Waals surface area contributed by atoms with Gasteiger partial charge < -0.3 is 26.5 Å². The zero-order valence-electron chi connectivity index (χ0n) is 13.8. The Labute approximate surface area is 173 Å². The van der Waals surface area contributed by atoms with E-state index in [4.69, 9.17) is 21.0 Å². The minimum atomic E-state index is 0. The summed E-state index contributed by atoms with van der Waals surface area (Å²) >= 11 is 7.40. The van der Waals surface area contributed by atoms with Crippen LogP contribution in [0.4, 0.5) is 0 Å². The third kappa shape index (κ3) is 12.0. The van der Waals surface area contributed by atoms with Crippen LogP contribution < -0.4 is 0 Å². The fourth-order valence-electron chi connectivity index (χ4n) is 2.09. The second-order valence-electron chi connectivity index (χ2n) is 4.40. The number of aliphatic hydroxyl groups excluding tert-OH is 2. The van der Waals surface area contributed by atoms with E-state index in [2.05, 4.69) is 29.4 Å². The number of nitrogens with zero attached hydrogens (tertiary/aromatic N) is 4. The van der Waals surface area contributed by atoms with Gasteiger partial charge in [-0.2, -0.15) is 10.3 Å². The number of rotatable bonds is 6. The van der Waals surface area contributed by atoms with Crippen LogP contribution in [0.5, 0.6) is 0 Å². The summed E-state index contributed by atoms with van der Waals surface area (Å²) in [6.07, 6.45) is 1.79. The van der Waals surface area contributed by atoms with E-state index in [1.165, 1.54) is 10.3 Å². The molecule has 0 fully saturated rings. The van der Waals surface area contributed by atoms with E-state index in [-0.39, 0.29) is 35.2 Å². The molecule has 0 amide bonds. The van der Waals surface area contributed by atoms with E-state index in [1.54, 1.807) is 6.20 Å². The van der Waals surface area contributed by atoms with Crippen molar-refractivity contribution < 1.29 is 32.2 Å². The third-order valence-corrected chi connectivity index (χ3v) is 2.94. The first-order chi connectivity index (χ1) is 11.7. The monoisotopic (exact) mass is 438 g/mol. The molecule has 7 nitrogen and oxygen atoms in total. The van der Waals surface area contributed by atoms with Crippen LogP contribution in [-0.2, 0) is 23.0 Å². The first-order valence-corrected chi connectivity index (χ1v) is 7.79. The molecule has 2 rings (SSSR count). The van der Waals surface area contributed by atoms with Gasteiger partial charge >= 0.3 is 16.5 Å². The van der Waals surface area contributed by atoms with Crippen molar-refractivity contribution in [3.63, 3.8) is 0 Å². The maximum atomic E-state index is 9.02. The minimum Gasteiger partial charge on any atom is -0.753 e. The van der Waals surface area contributed by atoms with E-state index in [0.29, 0.717) is 19.6 Å². The molecule has 0 bridgehead atoms. The van der Waals surface area contributed by atoms with Crippen LogP contribution in [0.2, 0.25) is 0 Å². The van der Waals surface area contributed by atoms with Crippen molar-refractivity contribution in [2.24, 2.45) is 0 Å². The summed E-state index contributed by atoms with van der Waals surface area (Å²) in [6, 6.07) is 10.0. The summed E-state index contributed by atoms with van der Waals surface area (Å²) in [4.78, 5) is 6.42. The number of isothiocyanates is 2. The maximum Gasteiger partial charge on any atom is 3.00 e. The fourth-order valence-corrected chi connectivity index (χ4v) is 2.09. The molecule has 0 aliphatic rings. The molecule has 1 heterocycles. The Morgan fingerprint density at radius 3 is 2.00 bits per heavy atom. The summed E-state index contributed by atoms with van der Waals surface area (Å²) in [7, 11) is 0. The molecule has 0 atom stereocenters. The van der Waals surface area contributed by atoms with E-state index in [9.17, 15) is 0 Å². The number of thiocarbonyl (C=S) groups is 2. The van der Waals surface area contributed by atoms with Gasteiger partial charge in [-0.25, -0.2) is 0 Å². The Bertz CT molecular complexity index is 656. The Hall–Kier alpha value is -1.44. The SMILES string of the molecule is O.OCCN(CCO)Cc1cccc2cccnc12.[N-]=C=S.[N-]=C=S.[Ni+3]. The van der Waals surface area contributed by atoms with E-state index in [1.807, 2.05) is 35.2 Å². The van der Waals surface area contributed by atoms with Gasteiger partial charge in [-0.15, -0.1) is 0 Å². The second-order valence-corrected chi connectivity index (χ2v) is 4.76. The van der Waals surface area contributed by atoms with Gasteiger partial charge in [-0.1, -0.05) is 48.7 Å². The molecule has 2 aromatic rings. The molecule has 0 aliphatic heterocycles. The third-order valence-electron chi connectivity index (χ3n) is 2.94. The smallest absolute Gasteiger partial charge is 0.753 e. The van der Waals surface area contributed by atoms with Crippen molar-refractivity contribution in [1.29, 1.82) is 0 Å². The number of fused-ring (bicyclic) bond motifs is 1. The molecule has 0 spiro atoms. The largest absolute Gasteiger partial charge is 3.00 e. The fraction of sp³-hybridized carbons (Fsp3) is 0.312. The molecule has 1 aromatic carbocycles. The number of benzene rings is 1. The predicted molar refractivity (Wildman–Crippen MR) is 107 cm³/mol. The van der Waals surface area contributed by atoms with Gasteiger partial charge in [0.25, 0.3) is 0 Å². The van der Waals surface area contributed by atoms with Crippen LogP contribution in [0.25, 0.3) is 21.7 Å². The summed E-state index contributed by atoms with van der Waals surface area (Å²) in [5, 5.41) is 36.1. The molecule has 4 N–H and O–H groups in total. The second kappa shape index (κ2) is 19.9. The van der Waals surface area contributed by atoms with Crippen LogP contribution in [0.15, 0.2) is 36.5 Å². The van der Waals surface area contributed by atoms with E-state index >= 15 is 0 Å². The van der Waals surface area contributed by atoms with Gasteiger partial charge in [-0.05, 0) is 11.6 Å². The van der Waals surface area contributed by atoms with Gasteiger partial charge in [0.2, 0.25) is 0 Å². The van der Waals surface area contributed by atoms with Gasteiger partial charge in [0.05, 0.1) is 18.7 Å². The molecule has 26 heavy (non-hydrogen) atoms. The average Bonchev–Trinajstić information content (AvgIpc) is 2.57. The summed E-state index contributed by atoms with van der Waals surface area (Å²) in [5.41, 5.74) is 2.11. The molecule has 10 heteroatoms. The number of aromatic nitrogens is 1. The minimum absolute atomic E-state index is 0. The van der Waals surface area contributed by atoms with Crippen LogP contribution in [0.1, 0.15) is 5.56 Å². The van der Waals surface area contributed by atoms with Crippen LogP contribution >= 0.6 is 24.4 Å². The molecule has 1 aromatic heterocycles. The summed E-state index contributed by atoms with van der Waals surface area (Å²) in [6.45, 7) is 2.00. The quantitative estimate of drug-likeness (QED) is 0.399. The van der Waals surface area contributed by atoms with Crippen molar-refractivity contribution in [1.82, 2.24) is 9.88 Å². The van der Waals surface area contributed by atoms with E-state index in [0.717, 1.165) is 16.5 Å². The van der Waals surface area contributed by atoms with Crippen LogP contribution in [-0.4, -0.2) is 62.2 Å². The number of hydrogen-bond donors (Lipinski definition) is 2. The molecular weight excluding hydrogens is 419 g/mol. The Balaban J connectivity index is -0.000000586. The van der Waals surface area contributed by atoms with Crippen molar-refractivity contribution in [2.75, 3.05) is 26.3 Å². The topological polar surface area (TPSA) is 133 Å². The van der Waals surface area contributed by atoms with E-state index < -0.39 is 0 Å². The van der Waals surface area contributed by atoms with Crippen molar-refractivity contribution >= 4 is 45.7 Å². The Morgan fingerprint density at radius 1 is 1.00 bits per heavy atom. The first kappa shape index (κ1) is 29.3. The zero-order valence-corrected chi connectivity index (χ0v) is 16.4. The predicted octanol–water partition coefficient (Wildman–Crippen LogP) is 1.51. The Morgan fingerprint density at radius 2 is 1.50 bits per heavy atom. The Kier molecular flexibility index (Phi) is 22.4. The van der Waals surface area contributed by atoms with Crippen molar-refractivity contribution in [3.05, 3.63) is 52.9 Å². The molecular formula is C16H20N4NiO3S2+. The van der Waals surface area contributed by atoms with Gasteiger partial charge in [0.15, 0.2) is 0 Å². The van der Waals surface area contributed by atoms with Gasteiger partial charge in [0, 0.05) is 31.2 Å². The maximum absolute atomic E-state index is 9.02. The molecule has 0 aliphatic carbocycles. The number of aliphatic hydroxyl groups is 2. The van der Waals surface area contributed by atoms with Crippen LogP contribution in [0, 0.1) is 0 Å². The van der Waals surface area contributed by atoms with Crippen molar-refractivity contribution in [3.8, 4) is 0 Å². The zero-order chi connectivity index (χ0) is 18.2. The normalized spacial score (nSPS) is 8.42. The van der Waals surface area contributed by atoms with Gasteiger partial charge in [0.1, 0.15) is 0 Å². The molecule has 0 saturated heterocycles. The van der Waals surface area contributed by atoms with Crippen molar-refractivity contribution in [2.45, 2.75) is 6.54 Å². The standard InChI is InChI=1S/C14H18N2O2.2CNS.Ni.H2O/c17-9-7-16(8-10-18)11-13-4-1-3-12-5-2-6-15-14(12)13;2*2-1-3;;/h1-6,17-18H,7-11H2;;;;1H2/q;2*-1;+3;. The number of hydrogen-bond acceptors (Lipinski definition) is 6. The summed E-state index contributed by atoms with van der Waals surface area (Å²) in [5.74, 6) is 0. The molecule has 0 saturated carbocycles. The average molecular weight is 439 g/mol. The number of para-hydroxylation sites is 1. The van der Waals surface area contributed by atoms with Gasteiger partial charge in [-0.3, -0.25) is 9.88 Å². The molecule has 0 unspecified atom stereocenters. The summed E-state index contributed by atoms with van der Waals surface area (Å²) < 4.78 is 0. The first-order valence-electron chi connectivity index (χ1n) is 6.97. The number of pyridine rings is 1. The molecule has 143 valence electrons.